The van der Waals surface area contributed by atoms with Crippen LogP contribution in [-0.2, 0) is 9.47 Å². The zero-order chi connectivity index (χ0) is 10.3. The van der Waals surface area contributed by atoms with E-state index in [1.54, 1.807) is 0 Å². The molecule has 1 saturated carbocycles. The minimum atomic E-state index is 0.355. The van der Waals surface area contributed by atoms with Crippen LogP contribution in [0.5, 0.6) is 0 Å². The molecule has 0 aromatic rings. The minimum Gasteiger partial charge on any atom is -0.375 e. The molecule has 1 aliphatic heterocycles. The Bertz CT molecular complexity index is 257. The van der Waals surface area contributed by atoms with E-state index in [9.17, 15) is 0 Å². The maximum Gasteiger partial charge on any atom is 0.107 e. The van der Waals surface area contributed by atoms with Crippen LogP contribution in [0.2, 0.25) is 0 Å². The first-order valence-electron chi connectivity index (χ1n) is 6.28. The summed E-state index contributed by atoms with van der Waals surface area (Å²) in [5, 5.41) is 0. The number of rotatable bonds is 5. The van der Waals surface area contributed by atoms with Crippen molar-refractivity contribution in [2.45, 2.75) is 38.4 Å². The quantitative estimate of drug-likeness (QED) is 0.511. The summed E-state index contributed by atoms with van der Waals surface area (Å²) >= 11 is 0. The molecule has 0 spiro atoms. The lowest BCUT2D eigenvalue weighted by atomic mass is 9.94. The molecule has 3 rings (SSSR count). The van der Waals surface area contributed by atoms with Crippen molar-refractivity contribution < 1.29 is 9.47 Å². The number of hydrogen-bond donors (Lipinski definition) is 0. The van der Waals surface area contributed by atoms with Gasteiger partial charge in [-0.3, -0.25) is 0 Å². The molecule has 0 amide bonds. The molecule has 2 aliphatic carbocycles. The third-order valence-electron chi connectivity index (χ3n) is 4.12. The predicted molar refractivity (Wildman–Crippen MR) is 58.6 cm³/mol. The summed E-state index contributed by atoms with van der Waals surface area (Å²) in [6.45, 7) is 4.05. The van der Waals surface area contributed by atoms with Crippen molar-refractivity contribution in [2.75, 3.05) is 13.2 Å². The minimum absolute atomic E-state index is 0.355. The second-order valence-corrected chi connectivity index (χ2v) is 5.19. The third-order valence-corrected chi connectivity index (χ3v) is 4.12. The first-order valence-corrected chi connectivity index (χ1v) is 6.28. The fraction of sp³-hybridized carbons (Fsp3) is 0.846. The zero-order valence-corrected chi connectivity index (χ0v) is 9.39. The van der Waals surface area contributed by atoms with Crippen LogP contribution in [-0.4, -0.2) is 25.4 Å². The maximum atomic E-state index is 5.99. The van der Waals surface area contributed by atoms with Crippen LogP contribution in [0, 0.1) is 17.8 Å². The Kier molecular flexibility index (Phi) is 2.57. The van der Waals surface area contributed by atoms with Crippen molar-refractivity contribution in [2.24, 2.45) is 17.8 Å². The average Bonchev–Trinajstić information content (AvgIpc) is 2.89. The summed E-state index contributed by atoms with van der Waals surface area (Å²) in [6.07, 6.45) is 9.37. The molecule has 0 aromatic heterocycles. The van der Waals surface area contributed by atoms with Gasteiger partial charge in [0.2, 0.25) is 0 Å². The van der Waals surface area contributed by atoms with Crippen LogP contribution < -0.4 is 0 Å². The number of fused-ring (bicyclic) bond motifs is 2. The van der Waals surface area contributed by atoms with E-state index in [2.05, 4.69) is 19.1 Å². The topological polar surface area (TPSA) is 21.8 Å². The van der Waals surface area contributed by atoms with E-state index in [0.717, 1.165) is 37.4 Å². The van der Waals surface area contributed by atoms with Gasteiger partial charge in [-0.15, -0.1) is 0 Å². The van der Waals surface area contributed by atoms with Gasteiger partial charge in [0.1, 0.15) is 6.10 Å². The molecule has 1 heterocycles. The van der Waals surface area contributed by atoms with Gasteiger partial charge in [-0.1, -0.05) is 19.1 Å². The van der Waals surface area contributed by atoms with Crippen LogP contribution in [0.15, 0.2) is 12.2 Å². The normalized spacial score (nSPS) is 43.5. The Morgan fingerprint density at radius 2 is 2.27 bits per heavy atom. The second-order valence-electron chi connectivity index (χ2n) is 5.19. The Hall–Kier alpha value is -0.340. The van der Waals surface area contributed by atoms with E-state index in [0.29, 0.717) is 12.2 Å². The summed E-state index contributed by atoms with van der Waals surface area (Å²) < 4.78 is 11.3. The van der Waals surface area contributed by atoms with Gasteiger partial charge in [-0.05, 0) is 37.0 Å². The highest BCUT2D eigenvalue weighted by Crippen LogP contribution is 2.43. The van der Waals surface area contributed by atoms with E-state index in [1.165, 1.54) is 12.8 Å². The number of epoxide rings is 1. The molecule has 15 heavy (non-hydrogen) atoms. The van der Waals surface area contributed by atoms with Gasteiger partial charge < -0.3 is 9.47 Å². The van der Waals surface area contributed by atoms with Crippen LogP contribution >= 0.6 is 0 Å². The van der Waals surface area contributed by atoms with Gasteiger partial charge in [0, 0.05) is 0 Å². The molecular weight excluding hydrogens is 188 g/mol. The highest BCUT2D eigenvalue weighted by Gasteiger charge is 2.37. The summed E-state index contributed by atoms with van der Waals surface area (Å²) in [7, 11) is 0. The van der Waals surface area contributed by atoms with E-state index < -0.39 is 0 Å². The Morgan fingerprint density at radius 1 is 1.40 bits per heavy atom. The maximum absolute atomic E-state index is 5.99. The highest BCUT2D eigenvalue weighted by atomic mass is 16.6. The first-order chi connectivity index (χ1) is 7.36. The van der Waals surface area contributed by atoms with E-state index in [-0.39, 0.29) is 0 Å². The summed E-state index contributed by atoms with van der Waals surface area (Å²) in [5.74, 6) is 2.46. The van der Waals surface area contributed by atoms with Crippen molar-refractivity contribution in [1.29, 1.82) is 0 Å². The van der Waals surface area contributed by atoms with Gasteiger partial charge in [0.05, 0.1) is 19.3 Å². The van der Waals surface area contributed by atoms with E-state index in [1.807, 2.05) is 0 Å². The number of ether oxygens (including phenoxy) is 2. The van der Waals surface area contributed by atoms with Crippen LogP contribution in [0.3, 0.4) is 0 Å². The van der Waals surface area contributed by atoms with Crippen molar-refractivity contribution in [3.05, 3.63) is 12.2 Å². The Morgan fingerprint density at radius 3 is 2.80 bits per heavy atom. The van der Waals surface area contributed by atoms with Gasteiger partial charge in [-0.2, -0.15) is 0 Å². The number of allylic oxidation sites excluding steroid dienone is 2. The molecule has 2 nitrogen and oxygen atoms in total. The summed E-state index contributed by atoms with van der Waals surface area (Å²) in [4.78, 5) is 0. The highest BCUT2D eigenvalue weighted by molar-refractivity contribution is 5.10. The molecule has 84 valence electrons. The third kappa shape index (κ3) is 1.98. The summed E-state index contributed by atoms with van der Waals surface area (Å²) in [6, 6.07) is 0. The molecule has 1 saturated heterocycles. The first kappa shape index (κ1) is 9.86. The largest absolute Gasteiger partial charge is 0.375 e. The van der Waals surface area contributed by atoms with Gasteiger partial charge in [-0.25, -0.2) is 0 Å². The van der Waals surface area contributed by atoms with Crippen molar-refractivity contribution in [3.8, 4) is 0 Å². The fourth-order valence-electron chi connectivity index (χ4n) is 3.09. The van der Waals surface area contributed by atoms with Crippen LogP contribution in [0.1, 0.15) is 26.2 Å². The van der Waals surface area contributed by atoms with Gasteiger partial charge >= 0.3 is 0 Å². The predicted octanol–water partition coefficient (Wildman–Crippen LogP) is 2.39. The molecule has 2 heteroatoms. The van der Waals surface area contributed by atoms with Crippen molar-refractivity contribution in [3.63, 3.8) is 0 Å². The summed E-state index contributed by atoms with van der Waals surface area (Å²) in [5.41, 5.74) is 0. The van der Waals surface area contributed by atoms with Crippen molar-refractivity contribution >= 4 is 0 Å². The average molecular weight is 208 g/mol. The van der Waals surface area contributed by atoms with Crippen LogP contribution in [0.4, 0.5) is 0 Å². The molecule has 5 atom stereocenters. The second kappa shape index (κ2) is 3.91. The lowest BCUT2D eigenvalue weighted by Gasteiger charge is -2.21. The zero-order valence-electron chi connectivity index (χ0n) is 9.39. The Labute approximate surface area is 91.6 Å². The van der Waals surface area contributed by atoms with Crippen molar-refractivity contribution in [1.82, 2.24) is 0 Å². The van der Waals surface area contributed by atoms with E-state index in [4.69, 9.17) is 9.47 Å². The molecular formula is C13H20O2. The fourth-order valence-corrected chi connectivity index (χ4v) is 3.09. The molecule has 0 N–H and O–H groups in total. The number of hydrogen-bond acceptors (Lipinski definition) is 2. The van der Waals surface area contributed by atoms with Crippen LogP contribution in [0.25, 0.3) is 0 Å². The smallest absolute Gasteiger partial charge is 0.107 e. The molecule has 0 aromatic carbocycles. The van der Waals surface area contributed by atoms with Gasteiger partial charge in [0.25, 0.3) is 0 Å². The SMILES string of the molecule is CCC(OCC1CC2C=CC1C2)C1CO1. The van der Waals surface area contributed by atoms with E-state index >= 15 is 0 Å². The van der Waals surface area contributed by atoms with Gasteiger partial charge in [0.15, 0.2) is 0 Å². The molecule has 2 fully saturated rings. The monoisotopic (exact) mass is 208 g/mol. The lowest BCUT2D eigenvalue weighted by Crippen LogP contribution is -2.24. The lowest BCUT2D eigenvalue weighted by molar-refractivity contribution is 0.00568. The molecule has 5 unspecified atom stereocenters. The standard InChI is InChI=1S/C13H20O2/c1-2-12(13-8-15-13)14-7-11-6-9-3-4-10(11)5-9/h3-4,9-13H,2,5-8H2,1H3. The molecule has 0 radical (unpaired) electrons. The molecule has 3 aliphatic rings. The molecule has 2 bridgehead atoms. The Balaban J connectivity index is 1.47.